The number of rotatable bonds is 0. The fraction of sp³-hybridized carbons (Fsp3) is 0.143. The molecule has 2 rings (SSSR count). The van der Waals surface area contributed by atoms with Gasteiger partial charge in [0.05, 0.1) is 0 Å². The number of hydrogen-bond donors (Lipinski definition) is 2. The molecule has 1 aromatic rings. The quantitative estimate of drug-likeness (QED) is 0.477. The average molecular weight is 252 g/mol. The maximum atomic E-state index is 12.7. The Morgan fingerprint density at radius 2 is 2.33 bits per heavy atom. The van der Waals surface area contributed by atoms with Crippen LogP contribution in [0.1, 0.15) is 0 Å². The Balaban J connectivity index is 2.63. The molecular weight excluding hydrogens is 244 g/mol. The first-order valence-electron chi connectivity index (χ1n) is 3.41. The van der Waals surface area contributed by atoms with Crippen molar-refractivity contribution >= 4 is 29.8 Å². The van der Waals surface area contributed by atoms with Crippen LogP contribution in [-0.2, 0) is 10.1 Å². The molecule has 0 amide bonds. The van der Waals surface area contributed by atoms with Gasteiger partial charge in [-0.3, -0.25) is 0 Å². The summed E-state index contributed by atoms with van der Waals surface area (Å²) in [6.07, 6.45) is 1.68. The molecule has 1 aliphatic heterocycles. The molecule has 1 heterocycles. The van der Waals surface area contributed by atoms with E-state index >= 15 is 0 Å². The Morgan fingerprint density at radius 1 is 1.58 bits per heavy atom. The molecule has 0 bridgehead atoms. The summed E-state index contributed by atoms with van der Waals surface area (Å²) in [5.41, 5.74) is 0. The van der Waals surface area contributed by atoms with Crippen molar-refractivity contribution in [2.45, 2.75) is 4.90 Å². The molecule has 5 heteroatoms. The molecule has 0 unspecified atom stereocenters. The summed E-state index contributed by atoms with van der Waals surface area (Å²) >= 11 is -0.0261. The van der Waals surface area contributed by atoms with Gasteiger partial charge in [0.25, 0.3) is 0 Å². The van der Waals surface area contributed by atoms with Gasteiger partial charge < -0.3 is 0 Å². The monoisotopic (exact) mass is 253 g/mol. The van der Waals surface area contributed by atoms with Gasteiger partial charge >= 0.3 is 77.3 Å². The Labute approximate surface area is 77.5 Å². The number of hydrogen-bond acceptors (Lipinski definition) is 1. The van der Waals surface area contributed by atoms with Gasteiger partial charge in [0, 0.05) is 0 Å². The van der Waals surface area contributed by atoms with Gasteiger partial charge in [-0.2, -0.15) is 0 Å². The van der Waals surface area contributed by atoms with Gasteiger partial charge in [0.1, 0.15) is 0 Å². The number of fused-ring (bicyclic) bond motifs is 1. The van der Waals surface area contributed by atoms with E-state index in [4.69, 9.17) is 0 Å². The van der Waals surface area contributed by atoms with E-state index < -0.39 is 10.1 Å². The Bertz CT molecular complexity index is 382. The topological polar surface area (TPSA) is 29.1 Å². The first kappa shape index (κ1) is 8.38. The van der Waals surface area contributed by atoms with Gasteiger partial charge in [-0.1, -0.05) is 0 Å². The third kappa shape index (κ3) is 1.23. The van der Waals surface area contributed by atoms with Crippen LogP contribution in [0, 0.1) is 5.82 Å². The van der Waals surface area contributed by atoms with Gasteiger partial charge in [-0.25, -0.2) is 0 Å². The second kappa shape index (κ2) is 2.64. The number of nitrogens with one attached hydrogen (secondary N) is 1. The number of benzene rings is 1. The van der Waals surface area contributed by atoms with Crippen LogP contribution in [0.3, 0.4) is 0 Å². The van der Waals surface area contributed by atoms with Gasteiger partial charge in [0.15, 0.2) is 0 Å². The molecule has 66 valence electrons. The summed E-state index contributed by atoms with van der Waals surface area (Å²) in [6, 6.07) is 4.44. The molecule has 0 aromatic heterocycles. The van der Waals surface area contributed by atoms with E-state index in [1.807, 2.05) is 0 Å². The van der Waals surface area contributed by atoms with Gasteiger partial charge in [0.2, 0.25) is 0 Å². The molecule has 0 saturated carbocycles. The summed E-state index contributed by atoms with van der Waals surface area (Å²) in [7, 11) is -2.34. The zero-order chi connectivity index (χ0) is 8.77. The normalized spacial score (nSPS) is 21.8. The fourth-order valence-electron chi connectivity index (χ4n) is 1.11. The first-order valence-corrected chi connectivity index (χ1v) is 7.28. The molecule has 1 aromatic carbocycles. The van der Waals surface area contributed by atoms with Crippen LogP contribution < -0.4 is 8.20 Å². The van der Waals surface area contributed by atoms with Crippen LogP contribution in [0.15, 0.2) is 23.1 Å². The summed E-state index contributed by atoms with van der Waals surface area (Å²) in [5.74, 6) is -0.251. The van der Waals surface area contributed by atoms with Crippen LogP contribution in [0.5, 0.6) is 0 Å². The van der Waals surface area contributed by atoms with Crippen molar-refractivity contribution in [3.63, 3.8) is 0 Å². The summed E-state index contributed by atoms with van der Waals surface area (Å²) in [6.45, 7) is 0. The Hall–Kier alpha value is -0.221. The molecule has 0 fully saturated rings. The van der Waals surface area contributed by atoms with Crippen molar-refractivity contribution in [3.05, 3.63) is 24.0 Å². The van der Waals surface area contributed by atoms with Crippen LogP contribution in [-0.4, -0.2) is 25.6 Å². The van der Waals surface area contributed by atoms with Crippen molar-refractivity contribution in [2.24, 2.45) is 0 Å². The molecule has 12 heavy (non-hydrogen) atoms. The maximum absolute atomic E-state index is 12.7. The zero-order valence-electron chi connectivity index (χ0n) is 6.37. The Kier molecular flexibility index (Phi) is 1.84. The predicted octanol–water partition coefficient (Wildman–Crippen LogP) is -0.406. The number of halogens is 1. The SMILES string of the molecule is C[SH]1(=O)N[Se]c2cc(F)ccc21. The number of thiol groups is 1. The van der Waals surface area contributed by atoms with E-state index in [0.717, 1.165) is 9.36 Å². The molecule has 1 N–H and O–H groups in total. The van der Waals surface area contributed by atoms with Crippen LogP contribution in [0.2, 0.25) is 0 Å². The molecule has 0 spiro atoms. The third-order valence-electron chi connectivity index (χ3n) is 1.71. The fourth-order valence-corrected chi connectivity index (χ4v) is 6.71. The predicted molar refractivity (Wildman–Crippen MR) is 48.7 cm³/mol. The van der Waals surface area contributed by atoms with E-state index in [1.54, 1.807) is 12.3 Å². The van der Waals surface area contributed by atoms with Gasteiger partial charge in [-0.05, 0) is 0 Å². The second-order valence-corrected chi connectivity index (χ2v) is 7.74. The van der Waals surface area contributed by atoms with E-state index in [2.05, 4.69) is 3.74 Å². The van der Waals surface area contributed by atoms with Crippen molar-refractivity contribution in [1.29, 1.82) is 0 Å². The van der Waals surface area contributed by atoms with Crippen LogP contribution in [0.25, 0.3) is 0 Å². The summed E-state index contributed by atoms with van der Waals surface area (Å²) in [4.78, 5) is 0.795. The van der Waals surface area contributed by atoms with Crippen molar-refractivity contribution in [3.8, 4) is 0 Å². The molecule has 2 nitrogen and oxygen atoms in total. The molecule has 0 atom stereocenters. The summed E-state index contributed by atoms with van der Waals surface area (Å²) in [5, 5.41) is 0. The van der Waals surface area contributed by atoms with Crippen molar-refractivity contribution in [1.82, 2.24) is 3.74 Å². The minimum atomic E-state index is -2.34. The third-order valence-corrected chi connectivity index (χ3v) is 7.74. The summed E-state index contributed by atoms with van der Waals surface area (Å²) < 4.78 is 28.3. The molecule has 0 aliphatic carbocycles. The molecular formula is C7H8FNOSSe. The standard InChI is InChI=1S/C7H8FNOSSe/c1-11(10)6-3-2-5(8)4-7(6)12-9-11/h2-4,11H,1H3,(H,9,10). The zero-order valence-corrected chi connectivity index (χ0v) is 8.98. The molecule has 0 radical (unpaired) electrons. The molecule has 1 aliphatic rings. The second-order valence-electron chi connectivity index (χ2n) is 2.73. The van der Waals surface area contributed by atoms with Crippen molar-refractivity contribution in [2.75, 3.05) is 6.26 Å². The van der Waals surface area contributed by atoms with E-state index in [1.165, 1.54) is 12.1 Å². The van der Waals surface area contributed by atoms with E-state index in [9.17, 15) is 8.60 Å². The van der Waals surface area contributed by atoms with E-state index in [0.29, 0.717) is 0 Å². The minimum absolute atomic E-state index is 0.0261. The Morgan fingerprint density at radius 3 is 3.08 bits per heavy atom. The molecule has 0 saturated heterocycles. The van der Waals surface area contributed by atoms with Crippen LogP contribution in [0.4, 0.5) is 4.39 Å². The average Bonchev–Trinajstić information content (AvgIpc) is 2.27. The van der Waals surface area contributed by atoms with Crippen molar-refractivity contribution < 1.29 is 8.60 Å². The van der Waals surface area contributed by atoms with E-state index in [-0.39, 0.29) is 21.0 Å². The van der Waals surface area contributed by atoms with Crippen LogP contribution >= 0.6 is 0 Å². The van der Waals surface area contributed by atoms with Gasteiger partial charge in [-0.15, -0.1) is 0 Å². The first-order chi connectivity index (χ1) is 5.59.